The summed E-state index contributed by atoms with van der Waals surface area (Å²) >= 11 is 0. The van der Waals surface area contributed by atoms with Crippen LogP contribution >= 0.6 is 0 Å². The van der Waals surface area contributed by atoms with Gasteiger partial charge in [0.15, 0.2) is 0 Å². The highest BCUT2D eigenvalue weighted by molar-refractivity contribution is 7.93. The van der Waals surface area contributed by atoms with Crippen LogP contribution < -0.4 is 9.62 Å². The monoisotopic (exact) mass is 398 g/mol. The Morgan fingerprint density at radius 3 is 2.19 bits per heavy atom. The van der Waals surface area contributed by atoms with E-state index in [1.807, 2.05) is 0 Å². The number of alkyl halides is 3. The lowest BCUT2D eigenvalue weighted by Crippen LogP contribution is -2.25. The summed E-state index contributed by atoms with van der Waals surface area (Å²) in [5.74, 6) is -0.284. The van der Waals surface area contributed by atoms with Gasteiger partial charge in [-0.3, -0.25) is 9.10 Å². The topological polar surface area (TPSA) is 66.5 Å². The van der Waals surface area contributed by atoms with E-state index in [1.54, 1.807) is 12.1 Å². The van der Waals surface area contributed by atoms with E-state index in [4.69, 9.17) is 0 Å². The Bertz CT molecular complexity index is 924. The van der Waals surface area contributed by atoms with Crippen LogP contribution in [0.2, 0.25) is 0 Å². The Morgan fingerprint density at radius 2 is 1.67 bits per heavy atom. The number of carbonyl (C=O) groups is 1. The Hall–Kier alpha value is -2.55. The Labute approximate surface area is 154 Å². The van der Waals surface area contributed by atoms with Gasteiger partial charge in [0, 0.05) is 18.7 Å². The van der Waals surface area contributed by atoms with Crippen molar-refractivity contribution in [2.75, 3.05) is 16.6 Å². The molecule has 27 heavy (non-hydrogen) atoms. The molecule has 0 bridgehead atoms. The molecule has 2 aromatic carbocycles. The van der Waals surface area contributed by atoms with Crippen LogP contribution in [-0.4, -0.2) is 26.6 Å². The highest BCUT2D eigenvalue weighted by Crippen LogP contribution is 2.29. The van der Waals surface area contributed by atoms with Crippen molar-refractivity contribution in [3.63, 3.8) is 0 Å². The lowest BCUT2D eigenvalue weighted by atomic mass is 10.1. The van der Waals surface area contributed by atoms with Crippen molar-refractivity contribution < 1.29 is 26.4 Å². The molecule has 0 saturated carbocycles. The number of sulfonamides is 1. The van der Waals surface area contributed by atoms with Gasteiger partial charge < -0.3 is 5.32 Å². The molecule has 1 N–H and O–H groups in total. The number of nitrogens with zero attached hydrogens (tertiary/aromatic N) is 1. The maximum atomic E-state index is 12.5. The molecule has 1 amide bonds. The van der Waals surface area contributed by atoms with Crippen LogP contribution in [-0.2, 0) is 22.7 Å². The van der Waals surface area contributed by atoms with Crippen molar-refractivity contribution in [3.05, 3.63) is 65.2 Å². The summed E-state index contributed by atoms with van der Waals surface area (Å²) in [6.07, 6.45) is -3.83. The first kappa shape index (κ1) is 19.2. The zero-order chi connectivity index (χ0) is 19.7. The summed E-state index contributed by atoms with van der Waals surface area (Å²) in [6.45, 7) is 0.501. The molecule has 0 radical (unpaired) electrons. The molecule has 5 nitrogen and oxygen atoms in total. The largest absolute Gasteiger partial charge is 0.416 e. The van der Waals surface area contributed by atoms with Crippen LogP contribution in [0.15, 0.2) is 48.5 Å². The number of hydrogen-bond acceptors (Lipinski definition) is 3. The number of benzene rings is 2. The van der Waals surface area contributed by atoms with Crippen molar-refractivity contribution in [2.24, 2.45) is 0 Å². The van der Waals surface area contributed by atoms with E-state index in [9.17, 15) is 26.4 Å². The molecule has 9 heteroatoms. The molecule has 3 rings (SSSR count). The van der Waals surface area contributed by atoms with Crippen molar-refractivity contribution >= 4 is 21.6 Å². The molecule has 0 aliphatic carbocycles. The van der Waals surface area contributed by atoms with Gasteiger partial charge in [0.25, 0.3) is 5.91 Å². The summed E-state index contributed by atoms with van der Waals surface area (Å²) in [5, 5.41) is 2.63. The van der Waals surface area contributed by atoms with E-state index in [2.05, 4.69) is 5.32 Å². The summed E-state index contributed by atoms with van der Waals surface area (Å²) in [5.41, 5.74) is 0.634. The van der Waals surface area contributed by atoms with Gasteiger partial charge in [0.05, 0.1) is 17.0 Å². The zero-order valence-corrected chi connectivity index (χ0v) is 15.0. The molecule has 0 unspecified atom stereocenters. The standard InChI is InChI=1S/C18H17F3N2O3S/c19-18(20,21)15-6-2-13(3-7-15)12-22-17(24)14-4-8-16(9-5-14)23-10-1-11-27(23,25)26/h2-9H,1,10-12H2,(H,22,24). The highest BCUT2D eigenvalue weighted by Gasteiger charge is 2.30. The van der Waals surface area contributed by atoms with E-state index in [1.165, 1.54) is 28.6 Å². The van der Waals surface area contributed by atoms with Crippen molar-refractivity contribution in [1.82, 2.24) is 5.32 Å². The molecule has 144 valence electrons. The second-order valence-electron chi connectivity index (χ2n) is 6.17. The van der Waals surface area contributed by atoms with Gasteiger partial charge in [-0.1, -0.05) is 12.1 Å². The molecule has 1 saturated heterocycles. The van der Waals surface area contributed by atoms with E-state index in [0.29, 0.717) is 29.8 Å². The minimum atomic E-state index is -4.40. The first-order valence-electron chi connectivity index (χ1n) is 8.22. The van der Waals surface area contributed by atoms with Gasteiger partial charge in [0.1, 0.15) is 0 Å². The van der Waals surface area contributed by atoms with Gasteiger partial charge in [-0.2, -0.15) is 13.2 Å². The van der Waals surface area contributed by atoms with Crippen LogP contribution in [0.1, 0.15) is 27.9 Å². The molecule has 2 aromatic rings. The second-order valence-corrected chi connectivity index (χ2v) is 8.18. The summed E-state index contributed by atoms with van der Waals surface area (Å²) < 4.78 is 62.7. The van der Waals surface area contributed by atoms with Gasteiger partial charge in [-0.15, -0.1) is 0 Å². The molecule has 1 aliphatic rings. The molecule has 0 aromatic heterocycles. The van der Waals surface area contributed by atoms with Gasteiger partial charge in [-0.05, 0) is 48.4 Å². The summed E-state index contributed by atoms with van der Waals surface area (Å²) in [4.78, 5) is 12.2. The first-order chi connectivity index (χ1) is 12.7. The Morgan fingerprint density at radius 1 is 1.04 bits per heavy atom. The number of halogens is 3. The number of hydrogen-bond donors (Lipinski definition) is 1. The lowest BCUT2D eigenvalue weighted by molar-refractivity contribution is -0.137. The highest BCUT2D eigenvalue weighted by atomic mass is 32.2. The lowest BCUT2D eigenvalue weighted by Gasteiger charge is -2.17. The van der Waals surface area contributed by atoms with Crippen LogP contribution in [0.4, 0.5) is 18.9 Å². The molecular weight excluding hydrogens is 381 g/mol. The quantitative estimate of drug-likeness (QED) is 0.860. The molecular formula is C18H17F3N2O3S. The van der Waals surface area contributed by atoms with Crippen LogP contribution in [0, 0.1) is 0 Å². The number of nitrogens with one attached hydrogen (secondary N) is 1. The van der Waals surface area contributed by atoms with Crippen molar-refractivity contribution in [2.45, 2.75) is 19.1 Å². The SMILES string of the molecule is O=C(NCc1ccc(C(F)(F)F)cc1)c1ccc(N2CCCS2(=O)=O)cc1. The van der Waals surface area contributed by atoms with Crippen LogP contribution in [0.3, 0.4) is 0 Å². The number of amides is 1. The van der Waals surface area contributed by atoms with E-state index in [0.717, 1.165) is 12.1 Å². The fourth-order valence-corrected chi connectivity index (χ4v) is 4.37. The number of anilines is 1. The Kier molecular flexibility index (Phi) is 5.14. The predicted molar refractivity (Wildman–Crippen MR) is 94.8 cm³/mol. The third kappa shape index (κ3) is 4.41. The van der Waals surface area contributed by atoms with Gasteiger partial charge in [-0.25, -0.2) is 8.42 Å². The van der Waals surface area contributed by atoms with Gasteiger partial charge in [0.2, 0.25) is 10.0 Å². The van der Waals surface area contributed by atoms with Crippen molar-refractivity contribution in [1.29, 1.82) is 0 Å². The molecule has 0 atom stereocenters. The molecule has 1 heterocycles. The minimum absolute atomic E-state index is 0.0826. The molecule has 1 aliphatic heterocycles. The average Bonchev–Trinajstić information content (AvgIpc) is 2.98. The first-order valence-corrected chi connectivity index (χ1v) is 9.82. The number of rotatable bonds is 4. The summed E-state index contributed by atoms with van der Waals surface area (Å²) in [6, 6.07) is 10.7. The molecule has 0 spiro atoms. The van der Waals surface area contributed by atoms with E-state index in [-0.39, 0.29) is 12.3 Å². The van der Waals surface area contributed by atoms with Crippen LogP contribution in [0.5, 0.6) is 0 Å². The van der Waals surface area contributed by atoms with E-state index >= 15 is 0 Å². The number of carbonyl (C=O) groups excluding carboxylic acids is 1. The zero-order valence-electron chi connectivity index (χ0n) is 14.2. The Balaban J connectivity index is 1.61. The summed E-state index contributed by atoms with van der Waals surface area (Å²) in [7, 11) is -3.28. The minimum Gasteiger partial charge on any atom is -0.348 e. The normalized spacial score (nSPS) is 16.3. The third-order valence-corrected chi connectivity index (χ3v) is 6.12. The van der Waals surface area contributed by atoms with Gasteiger partial charge >= 0.3 is 6.18 Å². The third-order valence-electron chi connectivity index (χ3n) is 4.25. The molecule has 1 fully saturated rings. The second kappa shape index (κ2) is 7.22. The van der Waals surface area contributed by atoms with Crippen molar-refractivity contribution in [3.8, 4) is 0 Å². The maximum Gasteiger partial charge on any atom is 0.416 e. The maximum absolute atomic E-state index is 12.5. The average molecular weight is 398 g/mol. The fraction of sp³-hybridized carbons (Fsp3) is 0.278. The smallest absolute Gasteiger partial charge is 0.348 e. The fourth-order valence-electron chi connectivity index (χ4n) is 2.80. The van der Waals surface area contributed by atoms with E-state index < -0.39 is 27.7 Å². The predicted octanol–water partition coefficient (Wildman–Crippen LogP) is 3.18. The van der Waals surface area contributed by atoms with Crippen LogP contribution in [0.25, 0.3) is 0 Å².